The van der Waals surface area contributed by atoms with Crippen LogP contribution in [0.3, 0.4) is 0 Å². The molecule has 0 radical (unpaired) electrons. The third-order valence-electron chi connectivity index (χ3n) is 3.40. The predicted molar refractivity (Wildman–Crippen MR) is 84.4 cm³/mol. The lowest BCUT2D eigenvalue weighted by Gasteiger charge is -2.14. The van der Waals surface area contributed by atoms with Gasteiger partial charge in [0.25, 0.3) is 0 Å². The molecule has 116 valence electrons. The van der Waals surface area contributed by atoms with Crippen LogP contribution < -0.4 is 0 Å². The monoisotopic (exact) mass is 300 g/mol. The minimum atomic E-state index is -0.916. The summed E-state index contributed by atoms with van der Waals surface area (Å²) in [6.45, 7) is 3.92. The number of hydrogen-bond acceptors (Lipinski definition) is 4. The van der Waals surface area contributed by atoms with Crippen LogP contribution in [0.15, 0.2) is 42.5 Å². The summed E-state index contributed by atoms with van der Waals surface area (Å²) in [6.07, 6.45) is 0.280. The van der Waals surface area contributed by atoms with Gasteiger partial charge in [0.15, 0.2) is 5.92 Å². The molecule has 0 saturated heterocycles. The van der Waals surface area contributed by atoms with Crippen LogP contribution in [0.2, 0.25) is 0 Å². The van der Waals surface area contributed by atoms with Gasteiger partial charge in [-0.1, -0.05) is 42.5 Å². The number of rotatable bonds is 6. The maximum atomic E-state index is 12.0. The number of esters is 2. The Hall–Kier alpha value is -2.36. The van der Waals surface area contributed by atoms with Crippen LogP contribution >= 0.6 is 0 Å². The molecule has 0 heterocycles. The number of fused-ring (bicyclic) bond motifs is 1. The van der Waals surface area contributed by atoms with Crippen molar-refractivity contribution in [1.29, 1.82) is 0 Å². The minimum absolute atomic E-state index is 0.243. The molecule has 0 amide bonds. The van der Waals surface area contributed by atoms with Crippen molar-refractivity contribution < 1.29 is 19.1 Å². The Morgan fingerprint density at radius 2 is 1.50 bits per heavy atom. The van der Waals surface area contributed by atoms with Gasteiger partial charge in [0.1, 0.15) is 0 Å². The standard InChI is InChI=1S/C18H20O4/c1-3-21-17(19)16(18(20)22-4-2)12-13-9-10-14-7-5-6-8-15(14)11-13/h5-11,16H,3-4,12H2,1-2H3. The van der Waals surface area contributed by atoms with E-state index < -0.39 is 17.9 Å². The second-order valence-electron chi connectivity index (χ2n) is 4.94. The Bertz CT molecular complexity index is 645. The maximum absolute atomic E-state index is 12.0. The van der Waals surface area contributed by atoms with Crippen molar-refractivity contribution in [2.75, 3.05) is 13.2 Å². The van der Waals surface area contributed by atoms with Gasteiger partial charge in [0.05, 0.1) is 13.2 Å². The lowest BCUT2D eigenvalue weighted by molar-refractivity contribution is -0.161. The zero-order chi connectivity index (χ0) is 15.9. The molecule has 0 N–H and O–H groups in total. The largest absolute Gasteiger partial charge is 0.465 e. The molecule has 4 heteroatoms. The number of carbonyl (C=O) groups is 2. The van der Waals surface area contributed by atoms with Crippen molar-refractivity contribution in [3.8, 4) is 0 Å². The molecule has 2 rings (SSSR count). The second-order valence-corrected chi connectivity index (χ2v) is 4.94. The molecule has 0 aliphatic rings. The molecular weight excluding hydrogens is 280 g/mol. The average Bonchev–Trinajstić information content (AvgIpc) is 2.52. The normalized spacial score (nSPS) is 10.7. The van der Waals surface area contributed by atoms with Gasteiger partial charge < -0.3 is 9.47 Å². The smallest absolute Gasteiger partial charge is 0.320 e. The molecule has 2 aromatic rings. The first-order valence-corrected chi connectivity index (χ1v) is 7.46. The van der Waals surface area contributed by atoms with E-state index >= 15 is 0 Å². The third-order valence-corrected chi connectivity index (χ3v) is 3.40. The summed E-state index contributed by atoms with van der Waals surface area (Å²) < 4.78 is 9.98. The SMILES string of the molecule is CCOC(=O)C(Cc1ccc2ccccc2c1)C(=O)OCC. The Morgan fingerprint density at radius 1 is 0.909 bits per heavy atom. The van der Waals surface area contributed by atoms with Crippen LogP contribution in [0.4, 0.5) is 0 Å². The van der Waals surface area contributed by atoms with Gasteiger partial charge in [0, 0.05) is 0 Å². The van der Waals surface area contributed by atoms with Crippen LogP contribution in [-0.2, 0) is 25.5 Å². The lowest BCUT2D eigenvalue weighted by Crippen LogP contribution is -2.30. The van der Waals surface area contributed by atoms with Gasteiger partial charge in [0.2, 0.25) is 0 Å². The van der Waals surface area contributed by atoms with E-state index in [0.717, 1.165) is 16.3 Å². The van der Waals surface area contributed by atoms with Crippen molar-refractivity contribution >= 4 is 22.7 Å². The molecule has 4 nitrogen and oxygen atoms in total. The fourth-order valence-corrected chi connectivity index (χ4v) is 2.35. The van der Waals surface area contributed by atoms with E-state index in [1.165, 1.54) is 0 Å². The van der Waals surface area contributed by atoms with Crippen molar-refractivity contribution in [1.82, 2.24) is 0 Å². The van der Waals surface area contributed by atoms with E-state index in [1.54, 1.807) is 13.8 Å². The molecule has 0 fully saturated rings. The second kappa shape index (κ2) is 7.59. The zero-order valence-electron chi connectivity index (χ0n) is 12.9. The first-order chi connectivity index (χ1) is 10.7. The fourth-order valence-electron chi connectivity index (χ4n) is 2.35. The van der Waals surface area contributed by atoms with Gasteiger partial charge in [-0.2, -0.15) is 0 Å². The summed E-state index contributed by atoms with van der Waals surface area (Å²) >= 11 is 0. The molecule has 0 atom stereocenters. The molecule has 0 aliphatic heterocycles. The van der Waals surface area contributed by atoms with Crippen molar-refractivity contribution in [3.63, 3.8) is 0 Å². The van der Waals surface area contributed by atoms with Crippen molar-refractivity contribution in [3.05, 3.63) is 48.0 Å². The summed E-state index contributed by atoms with van der Waals surface area (Å²) in [5.74, 6) is -1.98. The van der Waals surface area contributed by atoms with E-state index in [-0.39, 0.29) is 19.6 Å². The number of benzene rings is 2. The molecule has 0 bridgehead atoms. The summed E-state index contributed by atoms with van der Waals surface area (Å²) in [4.78, 5) is 24.0. The van der Waals surface area contributed by atoms with Gasteiger partial charge in [-0.05, 0) is 36.6 Å². The van der Waals surface area contributed by atoms with E-state index in [2.05, 4.69) is 0 Å². The first kappa shape index (κ1) is 16.0. The number of ether oxygens (including phenoxy) is 2. The Morgan fingerprint density at radius 3 is 2.09 bits per heavy atom. The van der Waals surface area contributed by atoms with Crippen LogP contribution in [-0.4, -0.2) is 25.2 Å². The molecule has 0 saturated carbocycles. The summed E-state index contributed by atoms with van der Waals surface area (Å²) in [7, 11) is 0. The Kier molecular flexibility index (Phi) is 5.53. The molecule has 0 aromatic heterocycles. The van der Waals surface area contributed by atoms with Crippen molar-refractivity contribution in [2.24, 2.45) is 5.92 Å². The summed E-state index contributed by atoms with van der Waals surface area (Å²) in [5.41, 5.74) is 0.907. The molecule has 0 spiro atoms. The van der Waals surface area contributed by atoms with E-state index in [0.29, 0.717) is 0 Å². The molecule has 22 heavy (non-hydrogen) atoms. The van der Waals surface area contributed by atoms with Gasteiger partial charge in [-0.25, -0.2) is 0 Å². The van der Waals surface area contributed by atoms with E-state index in [4.69, 9.17) is 9.47 Å². The van der Waals surface area contributed by atoms with Crippen LogP contribution in [0, 0.1) is 5.92 Å². The Labute approximate surface area is 130 Å². The van der Waals surface area contributed by atoms with Gasteiger partial charge in [-0.3, -0.25) is 9.59 Å². The third kappa shape index (κ3) is 3.85. The molecule has 0 aliphatic carbocycles. The van der Waals surface area contributed by atoms with Crippen LogP contribution in [0.1, 0.15) is 19.4 Å². The van der Waals surface area contributed by atoms with E-state index in [9.17, 15) is 9.59 Å². The quantitative estimate of drug-likeness (QED) is 0.607. The van der Waals surface area contributed by atoms with Crippen LogP contribution in [0.25, 0.3) is 10.8 Å². The zero-order valence-corrected chi connectivity index (χ0v) is 12.9. The number of carbonyl (C=O) groups excluding carboxylic acids is 2. The predicted octanol–water partition coefficient (Wildman–Crippen LogP) is 3.12. The first-order valence-electron chi connectivity index (χ1n) is 7.46. The lowest BCUT2D eigenvalue weighted by atomic mass is 9.97. The highest BCUT2D eigenvalue weighted by atomic mass is 16.6. The van der Waals surface area contributed by atoms with Gasteiger partial charge in [-0.15, -0.1) is 0 Å². The number of hydrogen-bond donors (Lipinski definition) is 0. The Balaban J connectivity index is 2.23. The highest BCUT2D eigenvalue weighted by Crippen LogP contribution is 2.19. The molecular formula is C18H20O4. The molecule has 2 aromatic carbocycles. The van der Waals surface area contributed by atoms with Crippen LogP contribution in [0.5, 0.6) is 0 Å². The maximum Gasteiger partial charge on any atom is 0.320 e. The summed E-state index contributed by atoms with van der Waals surface area (Å²) in [6, 6.07) is 13.9. The van der Waals surface area contributed by atoms with Crippen molar-refractivity contribution in [2.45, 2.75) is 20.3 Å². The minimum Gasteiger partial charge on any atom is -0.465 e. The topological polar surface area (TPSA) is 52.6 Å². The fraction of sp³-hybridized carbons (Fsp3) is 0.333. The summed E-state index contributed by atoms with van der Waals surface area (Å²) in [5, 5.41) is 2.20. The highest BCUT2D eigenvalue weighted by molar-refractivity contribution is 5.95. The highest BCUT2D eigenvalue weighted by Gasteiger charge is 2.29. The van der Waals surface area contributed by atoms with Gasteiger partial charge >= 0.3 is 11.9 Å². The molecule has 0 unspecified atom stereocenters. The average molecular weight is 300 g/mol. The van der Waals surface area contributed by atoms with E-state index in [1.807, 2.05) is 42.5 Å².